The molecule has 90 valence electrons. The maximum Gasteiger partial charge on any atom is 0.356 e. The fourth-order valence-corrected chi connectivity index (χ4v) is 2.98. The van der Waals surface area contributed by atoms with Gasteiger partial charge in [0.05, 0.1) is 10.2 Å². The molecule has 1 heterocycles. The quantitative estimate of drug-likeness (QED) is 0.603. The first kappa shape index (κ1) is 12.7. The molecule has 0 aliphatic carbocycles. The molecule has 0 aliphatic rings. The molecule has 0 amide bonds. The predicted molar refractivity (Wildman–Crippen MR) is 76.6 cm³/mol. The number of carbonyl (C=O) groups excluding carboxylic acids is 1. The Hall–Kier alpha value is -0.750. The third-order valence-electron chi connectivity index (χ3n) is 2.57. The number of carbonyl (C=O) groups is 1. The van der Waals surface area contributed by atoms with E-state index in [1.54, 1.807) is 6.92 Å². The largest absolute Gasteiger partial charge is 0.461 e. The lowest BCUT2D eigenvalue weighted by molar-refractivity contribution is 0.0514. The predicted octanol–water partition coefficient (Wildman–Crippen LogP) is 3.61. The monoisotopic (exact) mass is 363 g/mol. The Morgan fingerprint density at radius 3 is 2.88 bits per heavy atom. The van der Waals surface area contributed by atoms with E-state index in [1.807, 2.05) is 29.8 Å². The summed E-state index contributed by atoms with van der Waals surface area (Å²) in [5.41, 5.74) is 1.55. The summed E-state index contributed by atoms with van der Waals surface area (Å²) in [6, 6.07) is 5.58. The minimum absolute atomic E-state index is 0.299. The zero-order valence-corrected chi connectivity index (χ0v) is 12.4. The Balaban J connectivity index is 2.68. The standard InChI is InChI=1S/C12H11ClINO2/c1-3-17-12(16)11-10(14)8-6-7(13)4-5-9(8)15(11)2/h4-6H,3H2,1-2H3. The van der Waals surface area contributed by atoms with E-state index in [0.29, 0.717) is 17.3 Å². The zero-order chi connectivity index (χ0) is 12.6. The van der Waals surface area contributed by atoms with Crippen LogP contribution in [0.15, 0.2) is 18.2 Å². The second kappa shape index (κ2) is 4.86. The van der Waals surface area contributed by atoms with Crippen molar-refractivity contribution < 1.29 is 9.53 Å². The van der Waals surface area contributed by atoms with Crippen LogP contribution in [0.3, 0.4) is 0 Å². The summed E-state index contributed by atoms with van der Waals surface area (Å²) >= 11 is 8.11. The van der Waals surface area contributed by atoms with E-state index in [0.717, 1.165) is 14.5 Å². The second-order valence-electron chi connectivity index (χ2n) is 3.60. The average molecular weight is 364 g/mol. The van der Waals surface area contributed by atoms with E-state index < -0.39 is 0 Å². The molecule has 17 heavy (non-hydrogen) atoms. The van der Waals surface area contributed by atoms with Crippen LogP contribution in [-0.2, 0) is 11.8 Å². The van der Waals surface area contributed by atoms with Gasteiger partial charge in [0.15, 0.2) is 0 Å². The van der Waals surface area contributed by atoms with Gasteiger partial charge in [0, 0.05) is 23.0 Å². The van der Waals surface area contributed by atoms with Gasteiger partial charge in [0.25, 0.3) is 0 Å². The van der Waals surface area contributed by atoms with Crippen molar-refractivity contribution in [2.24, 2.45) is 7.05 Å². The Morgan fingerprint density at radius 2 is 2.24 bits per heavy atom. The van der Waals surface area contributed by atoms with Crippen molar-refractivity contribution >= 4 is 51.1 Å². The van der Waals surface area contributed by atoms with Crippen LogP contribution in [0, 0.1) is 3.57 Å². The summed E-state index contributed by atoms with van der Waals surface area (Å²) in [6.07, 6.45) is 0. The van der Waals surface area contributed by atoms with E-state index in [4.69, 9.17) is 16.3 Å². The van der Waals surface area contributed by atoms with Gasteiger partial charge in [-0.25, -0.2) is 4.79 Å². The molecule has 0 saturated heterocycles. The summed E-state index contributed by atoms with van der Waals surface area (Å²) in [4.78, 5) is 11.9. The third kappa shape index (κ3) is 2.15. The number of benzene rings is 1. The maximum atomic E-state index is 11.9. The van der Waals surface area contributed by atoms with Gasteiger partial charge in [0.2, 0.25) is 0 Å². The normalized spacial score (nSPS) is 10.8. The van der Waals surface area contributed by atoms with E-state index >= 15 is 0 Å². The highest BCUT2D eigenvalue weighted by molar-refractivity contribution is 14.1. The van der Waals surface area contributed by atoms with E-state index in [1.165, 1.54) is 0 Å². The minimum Gasteiger partial charge on any atom is -0.461 e. The van der Waals surface area contributed by atoms with Crippen molar-refractivity contribution in [3.8, 4) is 0 Å². The van der Waals surface area contributed by atoms with Crippen LogP contribution in [0.2, 0.25) is 5.02 Å². The number of halogens is 2. The van der Waals surface area contributed by atoms with Crippen LogP contribution in [0.4, 0.5) is 0 Å². The highest BCUT2D eigenvalue weighted by Crippen LogP contribution is 2.29. The average Bonchev–Trinajstić information content (AvgIpc) is 2.52. The molecule has 0 bridgehead atoms. The molecule has 0 radical (unpaired) electrons. The molecule has 2 aromatic rings. The fourth-order valence-electron chi connectivity index (χ4n) is 1.80. The Kier molecular flexibility index (Phi) is 3.63. The van der Waals surface area contributed by atoms with Gasteiger partial charge in [0.1, 0.15) is 5.69 Å². The molecule has 2 rings (SSSR count). The van der Waals surface area contributed by atoms with Gasteiger partial charge in [-0.3, -0.25) is 0 Å². The number of ether oxygens (including phenoxy) is 1. The topological polar surface area (TPSA) is 31.2 Å². The van der Waals surface area contributed by atoms with Crippen molar-refractivity contribution in [1.29, 1.82) is 0 Å². The lowest BCUT2D eigenvalue weighted by atomic mass is 10.2. The van der Waals surface area contributed by atoms with Gasteiger partial charge >= 0.3 is 5.97 Å². The second-order valence-corrected chi connectivity index (χ2v) is 5.12. The summed E-state index contributed by atoms with van der Waals surface area (Å²) in [5.74, 6) is -0.299. The number of hydrogen-bond acceptors (Lipinski definition) is 2. The highest BCUT2D eigenvalue weighted by Gasteiger charge is 2.20. The molecular weight excluding hydrogens is 352 g/mol. The number of hydrogen-bond donors (Lipinski definition) is 0. The first-order valence-corrected chi connectivity index (χ1v) is 6.62. The molecule has 0 spiro atoms. The van der Waals surface area contributed by atoms with Gasteiger partial charge in [-0.05, 0) is 47.7 Å². The van der Waals surface area contributed by atoms with Crippen LogP contribution >= 0.6 is 34.2 Å². The van der Waals surface area contributed by atoms with Gasteiger partial charge in [-0.1, -0.05) is 11.6 Å². The van der Waals surface area contributed by atoms with Crippen molar-refractivity contribution in [3.05, 3.63) is 32.5 Å². The van der Waals surface area contributed by atoms with Gasteiger partial charge in [-0.15, -0.1) is 0 Å². The van der Waals surface area contributed by atoms with Crippen molar-refractivity contribution in [1.82, 2.24) is 4.57 Å². The van der Waals surface area contributed by atoms with Gasteiger partial charge < -0.3 is 9.30 Å². The smallest absolute Gasteiger partial charge is 0.356 e. The molecule has 0 fully saturated rings. The molecule has 1 aromatic carbocycles. The van der Waals surface area contributed by atoms with Crippen LogP contribution < -0.4 is 0 Å². The number of esters is 1. The van der Waals surface area contributed by atoms with Crippen molar-refractivity contribution in [3.63, 3.8) is 0 Å². The van der Waals surface area contributed by atoms with E-state index in [-0.39, 0.29) is 5.97 Å². The molecule has 3 nitrogen and oxygen atoms in total. The number of fused-ring (bicyclic) bond motifs is 1. The molecule has 0 aliphatic heterocycles. The third-order valence-corrected chi connectivity index (χ3v) is 3.90. The highest BCUT2D eigenvalue weighted by atomic mass is 127. The summed E-state index contributed by atoms with van der Waals surface area (Å²) in [5, 5.41) is 1.64. The van der Waals surface area contributed by atoms with Crippen molar-refractivity contribution in [2.75, 3.05) is 6.61 Å². The Bertz CT molecular complexity index is 592. The van der Waals surface area contributed by atoms with Crippen LogP contribution in [0.1, 0.15) is 17.4 Å². The lowest BCUT2D eigenvalue weighted by Crippen LogP contribution is -2.11. The fraction of sp³-hybridized carbons (Fsp3) is 0.250. The molecule has 5 heteroatoms. The molecular formula is C12H11ClINO2. The van der Waals surface area contributed by atoms with Crippen molar-refractivity contribution in [2.45, 2.75) is 6.92 Å². The molecule has 1 aromatic heterocycles. The first-order chi connectivity index (χ1) is 8.06. The summed E-state index contributed by atoms with van der Waals surface area (Å²) in [7, 11) is 1.85. The number of aryl methyl sites for hydroxylation is 1. The van der Waals surface area contributed by atoms with E-state index in [9.17, 15) is 4.79 Å². The van der Waals surface area contributed by atoms with Crippen LogP contribution in [0.25, 0.3) is 10.9 Å². The number of rotatable bonds is 2. The van der Waals surface area contributed by atoms with Crippen LogP contribution in [-0.4, -0.2) is 17.1 Å². The SMILES string of the molecule is CCOC(=O)c1c(I)c2cc(Cl)ccc2n1C. The van der Waals surface area contributed by atoms with E-state index in [2.05, 4.69) is 22.6 Å². The molecule has 0 atom stereocenters. The minimum atomic E-state index is -0.299. The summed E-state index contributed by atoms with van der Waals surface area (Å²) < 4.78 is 7.77. The summed E-state index contributed by atoms with van der Waals surface area (Å²) in [6.45, 7) is 2.17. The number of nitrogens with zero attached hydrogens (tertiary/aromatic N) is 1. The maximum absolute atomic E-state index is 11.9. The lowest BCUT2D eigenvalue weighted by Gasteiger charge is -2.04. The zero-order valence-electron chi connectivity index (χ0n) is 9.46. The Labute approximate surface area is 118 Å². The van der Waals surface area contributed by atoms with Gasteiger partial charge in [-0.2, -0.15) is 0 Å². The first-order valence-electron chi connectivity index (χ1n) is 5.16. The number of aromatic nitrogens is 1. The van der Waals surface area contributed by atoms with Crippen LogP contribution in [0.5, 0.6) is 0 Å². The molecule has 0 saturated carbocycles. The molecule has 0 N–H and O–H groups in total. The molecule has 0 unspecified atom stereocenters. The Morgan fingerprint density at radius 1 is 1.53 bits per heavy atom.